The molecule has 0 saturated heterocycles. The molecule has 0 aliphatic rings. The summed E-state index contributed by atoms with van der Waals surface area (Å²) in [5.74, 6) is 0.711. The van der Waals surface area contributed by atoms with Gasteiger partial charge in [0.2, 0.25) is 11.8 Å². The number of carbonyl (C=O) groups excluding carboxylic acids is 2. The Morgan fingerprint density at radius 2 is 1.16 bits per heavy atom. The highest BCUT2D eigenvalue weighted by Gasteiger charge is 2.02. The summed E-state index contributed by atoms with van der Waals surface area (Å²) in [5, 5.41) is 25.3. The van der Waals surface area contributed by atoms with Crippen LogP contribution in [0.5, 0.6) is 0 Å². The molecule has 0 unspecified atom stereocenters. The van der Waals surface area contributed by atoms with Crippen LogP contribution in [0.3, 0.4) is 0 Å². The minimum absolute atomic E-state index is 0.214. The molecule has 2 rings (SSSR count). The highest BCUT2D eigenvalue weighted by Crippen LogP contribution is 2.05. The highest BCUT2D eigenvalue weighted by atomic mass is 32.2. The molecule has 0 spiro atoms. The van der Waals surface area contributed by atoms with Crippen LogP contribution in [0, 0.1) is 22.7 Å². The van der Waals surface area contributed by atoms with Crippen molar-refractivity contribution in [1.82, 2.24) is 10.9 Å². The molecule has 2 aromatic carbocycles. The summed E-state index contributed by atoms with van der Waals surface area (Å²) in [6, 6.07) is 17.7. The zero-order valence-corrected chi connectivity index (χ0v) is 17.4. The first-order chi connectivity index (χ1) is 15.1. The third kappa shape index (κ3) is 9.39. The number of nitrogens with zero attached hydrogens (tertiary/aromatic N) is 4. The quantitative estimate of drug-likeness (QED) is 0.338. The molecule has 0 bridgehead atoms. The van der Waals surface area contributed by atoms with Gasteiger partial charge >= 0.3 is 0 Å². The number of hydrogen-bond acceptors (Lipinski definition) is 7. The van der Waals surface area contributed by atoms with Crippen LogP contribution in [0.2, 0.25) is 0 Å². The molecular formula is C22H20N6O2S. The average Bonchev–Trinajstić information content (AvgIpc) is 2.80. The minimum Gasteiger partial charge on any atom is -0.273 e. The maximum absolute atomic E-state index is 11.7. The predicted molar refractivity (Wildman–Crippen MR) is 120 cm³/mol. The van der Waals surface area contributed by atoms with Crippen LogP contribution in [-0.2, 0) is 9.59 Å². The maximum Gasteiger partial charge on any atom is 0.240 e. The van der Waals surface area contributed by atoms with Gasteiger partial charge in [-0.2, -0.15) is 32.5 Å². The van der Waals surface area contributed by atoms with Gasteiger partial charge in [0, 0.05) is 24.3 Å². The molecule has 2 amide bonds. The van der Waals surface area contributed by atoms with Crippen LogP contribution in [0.15, 0.2) is 58.7 Å². The van der Waals surface area contributed by atoms with Gasteiger partial charge in [0.25, 0.3) is 0 Å². The number of carbonyl (C=O) groups is 2. The summed E-state index contributed by atoms with van der Waals surface area (Å²) in [4.78, 5) is 23.5. The molecule has 0 fully saturated rings. The van der Waals surface area contributed by atoms with E-state index in [0.29, 0.717) is 22.6 Å². The topological polar surface area (TPSA) is 130 Å². The van der Waals surface area contributed by atoms with Crippen LogP contribution < -0.4 is 10.9 Å². The molecule has 2 N–H and O–H groups in total. The molecule has 156 valence electrons. The molecule has 9 heteroatoms. The van der Waals surface area contributed by atoms with Crippen molar-refractivity contribution in [2.24, 2.45) is 10.2 Å². The lowest BCUT2D eigenvalue weighted by molar-refractivity contribution is -0.121. The standard InChI is InChI=1S/C22H20N6O2S/c23-13-17-1-5-19(6-2-17)15-25-27-21(29)9-11-31-12-10-22(30)28-26-16-20-7-3-18(14-24)4-8-20/h1-8,15-16H,9-12H2,(H,27,29)(H,28,30)/b25-15+,26-16+. The van der Waals surface area contributed by atoms with Gasteiger partial charge in [-0.3, -0.25) is 9.59 Å². The largest absolute Gasteiger partial charge is 0.273 e. The average molecular weight is 433 g/mol. The molecule has 0 heterocycles. The fourth-order valence-electron chi connectivity index (χ4n) is 2.19. The second kappa shape index (κ2) is 13.3. The van der Waals surface area contributed by atoms with E-state index >= 15 is 0 Å². The zero-order chi connectivity index (χ0) is 22.3. The summed E-state index contributed by atoms with van der Waals surface area (Å²) in [6.07, 6.45) is 3.59. The molecule has 8 nitrogen and oxygen atoms in total. The minimum atomic E-state index is -0.214. The number of thioether (sulfide) groups is 1. The lowest BCUT2D eigenvalue weighted by Crippen LogP contribution is -2.19. The van der Waals surface area contributed by atoms with Crippen molar-refractivity contribution in [3.8, 4) is 12.1 Å². The molecule has 0 radical (unpaired) electrons. The Kier molecular flexibility index (Phi) is 10.0. The van der Waals surface area contributed by atoms with Gasteiger partial charge in [0.15, 0.2) is 0 Å². The molecule has 0 saturated carbocycles. The van der Waals surface area contributed by atoms with Gasteiger partial charge in [-0.1, -0.05) is 24.3 Å². The van der Waals surface area contributed by atoms with Crippen molar-refractivity contribution in [3.63, 3.8) is 0 Å². The molecular weight excluding hydrogens is 412 g/mol. The van der Waals surface area contributed by atoms with E-state index in [1.165, 1.54) is 24.2 Å². The van der Waals surface area contributed by atoms with E-state index in [4.69, 9.17) is 10.5 Å². The van der Waals surface area contributed by atoms with E-state index in [0.717, 1.165) is 11.1 Å². The molecule has 0 atom stereocenters. The molecule has 0 aromatic heterocycles. The van der Waals surface area contributed by atoms with E-state index < -0.39 is 0 Å². The van der Waals surface area contributed by atoms with Crippen molar-refractivity contribution < 1.29 is 9.59 Å². The Morgan fingerprint density at radius 1 is 0.774 bits per heavy atom. The number of hydrogen-bond donors (Lipinski definition) is 2. The second-order valence-corrected chi connectivity index (χ2v) is 7.39. The lowest BCUT2D eigenvalue weighted by Gasteiger charge is -2.01. The van der Waals surface area contributed by atoms with Crippen molar-refractivity contribution >= 4 is 36.0 Å². The van der Waals surface area contributed by atoms with Crippen molar-refractivity contribution in [3.05, 3.63) is 70.8 Å². The zero-order valence-electron chi connectivity index (χ0n) is 16.6. The fourth-order valence-corrected chi connectivity index (χ4v) is 3.05. The van der Waals surface area contributed by atoms with Gasteiger partial charge in [-0.15, -0.1) is 0 Å². The summed E-state index contributed by atoms with van der Waals surface area (Å²) < 4.78 is 0. The monoisotopic (exact) mass is 432 g/mol. The third-order valence-corrected chi connectivity index (χ3v) is 4.82. The third-order valence-electron chi connectivity index (χ3n) is 3.83. The molecule has 0 aliphatic heterocycles. The summed E-state index contributed by atoms with van der Waals surface area (Å²) in [6.45, 7) is 0. The number of nitriles is 2. The Morgan fingerprint density at radius 3 is 1.52 bits per heavy atom. The van der Waals surface area contributed by atoms with Gasteiger partial charge in [0.1, 0.15) is 0 Å². The highest BCUT2D eigenvalue weighted by molar-refractivity contribution is 7.99. The van der Waals surface area contributed by atoms with Crippen LogP contribution in [0.1, 0.15) is 35.1 Å². The number of hydrazone groups is 2. The van der Waals surface area contributed by atoms with Gasteiger partial charge in [-0.05, 0) is 35.4 Å². The number of benzene rings is 2. The summed E-state index contributed by atoms with van der Waals surface area (Å²) in [5.41, 5.74) is 7.57. The van der Waals surface area contributed by atoms with E-state index in [1.807, 2.05) is 12.1 Å². The van der Waals surface area contributed by atoms with Crippen LogP contribution in [0.4, 0.5) is 0 Å². The van der Waals surface area contributed by atoms with Crippen LogP contribution in [-0.4, -0.2) is 35.7 Å². The number of amides is 2. The van der Waals surface area contributed by atoms with Gasteiger partial charge in [0.05, 0.1) is 35.7 Å². The van der Waals surface area contributed by atoms with E-state index in [2.05, 4.69) is 21.1 Å². The summed E-state index contributed by atoms with van der Waals surface area (Å²) >= 11 is 1.49. The Bertz CT molecular complexity index is 934. The van der Waals surface area contributed by atoms with E-state index in [1.54, 1.807) is 48.5 Å². The maximum atomic E-state index is 11.7. The van der Waals surface area contributed by atoms with Crippen molar-refractivity contribution in [1.29, 1.82) is 10.5 Å². The molecule has 0 aliphatic carbocycles. The Labute approximate surface area is 184 Å². The number of nitrogens with one attached hydrogen (secondary N) is 2. The smallest absolute Gasteiger partial charge is 0.240 e. The Hall–Kier alpha value is -3.95. The first-order valence-corrected chi connectivity index (χ1v) is 10.5. The van der Waals surface area contributed by atoms with Crippen molar-refractivity contribution in [2.45, 2.75) is 12.8 Å². The van der Waals surface area contributed by atoms with E-state index in [9.17, 15) is 9.59 Å². The lowest BCUT2D eigenvalue weighted by atomic mass is 10.2. The molecule has 31 heavy (non-hydrogen) atoms. The predicted octanol–water partition coefficient (Wildman–Crippen LogP) is 2.54. The Balaban J connectivity index is 1.55. The second-order valence-electron chi connectivity index (χ2n) is 6.17. The first-order valence-electron chi connectivity index (χ1n) is 9.32. The van der Waals surface area contributed by atoms with Crippen LogP contribution in [0.25, 0.3) is 0 Å². The fraction of sp³-hybridized carbons (Fsp3) is 0.182. The first kappa shape index (κ1) is 23.3. The van der Waals surface area contributed by atoms with E-state index in [-0.39, 0.29) is 24.7 Å². The summed E-state index contributed by atoms with van der Waals surface area (Å²) in [7, 11) is 0. The van der Waals surface area contributed by atoms with Crippen molar-refractivity contribution in [2.75, 3.05) is 11.5 Å². The molecule has 2 aromatic rings. The SMILES string of the molecule is N#Cc1ccc(/C=N/NC(=O)CCSCCC(=O)N/N=C/c2ccc(C#N)cc2)cc1. The van der Waals surface area contributed by atoms with Gasteiger partial charge in [-0.25, -0.2) is 10.9 Å². The normalized spacial score (nSPS) is 10.5. The van der Waals surface area contributed by atoms with Gasteiger partial charge < -0.3 is 0 Å². The van der Waals surface area contributed by atoms with Crippen LogP contribution >= 0.6 is 11.8 Å². The number of rotatable bonds is 10.